The number of benzene rings is 1. The number of nitrogens with zero attached hydrogens (tertiary/aromatic N) is 3. The second-order valence-electron chi connectivity index (χ2n) is 4.90. The van der Waals surface area contributed by atoms with E-state index in [4.69, 9.17) is 11.6 Å². The van der Waals surface area contributed by atoms with E-state index in [-0.39, 0.29) is 6.04 Å². The molecule has 5 heteroatoms. The molecule has 0 aliphatic carbocycles. The molecule has 1 unspecified atom stereocenters. The van der Waals surface area contributed by atoms with Crippen LogP contribution in [0.1, 0.15) is 22.9 Å². The Bertz CT molecular complexity index is 843. The van der Waals surface area contributed by atoms with Crippen LogP contribution in [0.15, 0.2) is 67.0 Å². The van der Waals surface area contributed by atoms with Crippen molar-refractivity contribution in [2.24, 2.45) is 0 Å². The Morgan fingerprint density at radius 1 is 1.00 bits per heavy atom. The van der Waals surface area contributed by atoms with Crippen LogP contribution in [0.3, 0.4) is 0 Å². The van der Waals surface area contributed by atoms with Crippen LogP contribution in [0.2, 0.25) is 5.02 Å². The zero-order chi connectivity index (χ0) is 16.1. The van der Waals surface area contributed by atoms with Crippen LogP contribution >= 0.6 is 11.6 Å². The van der Waals surface area contributed by atoms with Crippen LogP contribution < -0.4 is 5.32 Å². The molecule has 112 valence electrons. The van der Waals surface area contributed by atoms with Crippen molar-refractivity contribution in [3.8, 4) is 6.07 Å². The van der Waals surface area contributed by atoms with Gasteiger partial charge in [-0.15, -0.1) is 0 Å². The summed E-state index contributed by atoms with van der Waals surface area (Å²) in [5.41, 5.74) is 2.26. The van der Waals surface area contributed by atoms with Gasteiger partial charge in [0.2, 0.25) is 0 Å². The van der Waals surface area contributed by atoms with Gasteiger partial charge in [0.25, 0.3) is 0 Å². The summed E-state index contributed by atoms with van der Waals surface area (Å²) >= 11 is 6.12. The van der Waals surface area contributed by atoms with Gasteiger partial charge < -0.3 is 5.32 Å². The first-order chi connectivity index (χ1) is 11.3. The molecule has 0 aliphatic rings. The number of rotatable bonds is 4. The molecule has 0 spiro atoms. The highest BCUT2D eigenvalue weighted by Crippen LogP contribution is 2.27. The number of hydrogen-bond donors (Lipinski definition) is 1. The Hall–Kier alpha value is -2.90. The Labute approximate surface area is 139 Å². The molecule has 1 atom stereocenters. The first-order valence-corrected chi connectivity index (χ1v) is 7.44. The van der Waals surface area contributed by atoms with Gasteiger partial charge in [0.05, 0.1) is 17.3 Å². The molecule has 23 heavy (non-hydrogen) atoms. The van der Waals surface area contributed by atoms with E-state index >= 15 is 0 Å². The third-order valence-corrected chi connectivity index (χ3v) is 3.61. The van der Waals surface area contributed by atoms with Gasteiger partial charge in [-0.2, -0.15) is 5.26 Å². The quantitative estimate of drug-likeness (QED) is 0.782. The van der Waals surface area contributed by atoms with Gasteiger partial charge >= 0.3 is 0 Å². The second kappa shape index (κ2) is 6.91. The number of hydrogen-bond acceptors (Lipinski definition) is 4. The molecule has 3 aromatic rings. The van der Waals surface area contributed by atoms with Crippen LogP contribution in [0.4, 0.5) is 5.82 Å². The lowest BCUT2D eigenvalue weighted by atomic mass is 10.0. The van der Waals surface area contributed by atoms with Crippen molar-refractivity contribution in [1.29, 1.82) is 5.26 Å². The average Bonchev–Trinajstić information content (AvgIpc) is 2.60. The Kier molecular flexibility index (Phi) is 4.51. The molecule has 0 saturated heterocycles. The summed E-state index contributed by atoms with van der Waals surface area (Å²) in [5, 5.41) is 13.2. The van der Waals surface area contributed by atoms with Crippen molar-refractivity contribution in [3.63, 3.8) is 0 Å². The fourth-order valence-electron chi connectivity index (χ4n) is 2.31. The molecular weight excluding hydrogens is 308 g/mol. The second-order valence-corrected chi connectivity index (χ2v) is 5.33. The minimum atomic E-state index is -0.253. The van der Waals surface area contributed by atoms with Crippen LogP contribution in [-0.2, 0) is 0 Å². The van der Waals surface area contributed by atoms with E-state index in [1.165, 1.54) is 0 Å². The Balaban J connectivity index is 2.04. The van der Waals surface area contributed by atoms with Crippen molar-refractivity contribution in [2.45, 2.75) is 6.04 Å². The third-order valence-electron chi connectivity index (χ3n) is 3.37. The van der Waals surface area contributed by atoms with Gasteiger partial charge in [-0.05, 0) is 42.0 Å². The summed E-state index contributed by atoms with van der Waals surface area (Å²) in [6.45, 7) is 0. The van der Waals surface area contributed by atoms with Gasteiger partial charge in [0.1, 0.15) is 11.9 Å². The summed E-state index contributed by atoms with van der Waals surface area (Å²) in [5.74, 6) is 0.519. The van der Waals surface area contributed by atoms with Crippen LogP contribution in [0.5, 0.6) is 0 Å². The van der Waals surface area contributed by atoms with E-state index in [0.29, 0.717) is 16.4 Å². The number of pyridine rings is 2. The molecule has 0 fully saturated rings. The lowest BCUT2D eigenvalue weighted by Crippen LogP contribution is -2.15. The molecule has 0 bridgehead atoms. The van der Waals surface area contributed by atoms with E-state index in [0.717, 1.165) is 11.3 Å². The van der Waals surface area contributed by atoms with Gasteiger partial charge in [-0.1, -0.05) is 29.8 Å². The smallest absolute Gasteiger partial charge is 0.144 e. The number of nitriles is 1. The molecule has 2 heterocycles. The molecule has 0 amide bonds. The summed E-state index contributed by atoms with van der Waals surface area (Å²) in [6.07, 6.45) is 3.38. The first-order valence-electron chi connectivity index (χ1n) is 7.06. The minimum Gasteiger partial charge on any atom is -0.357 e. The minimum absolute atomic E-state index is 0.253. The van der Waals surface area contributed by atoms with Crippen molar-refractivity contribution >= 4 is 17.4 Å². The summed E-state index contributed by atoms with van der Waals surface area (Å²) in [7, 11) is 0. The molecule has 0 saturated carbocycles. The molecule has 1 aromatic carbocycles. The largest absolute Gasteiger partial charge is 0.357 e. The van der Waals surface area contributed by atoms with E-state index in [2.05, 4.69) is 21.4 Å². The SMILES string of the molecule is N#Cc1cccnc1NC(c1cccc(Cl)c1)c1ccccn1. The molecule has 3 rings (SSSR count). The molecular formula is C18H13ClN4. The Morgan fingerprint density at radius 2 is 1.87 bits per heavy atom. The predicted molar refractivity (Wildman–Crippen MR) is 90.1 cm³/mol. The van der Waals surface area contributed by atoms with Gasteiger partial charge in [-0.3, -0.25) is 4.98 Å². The zero-order valence-corrected chi connectivity index (χ0v) is 12.9. The summed E-state index contributed by atoms with van der Waals surface area (Å²) < 4.78 is 0. The van der Waals surface area contributed by atoms with Crippen LogP contribution in [0, 0.1) is 11.3 Å². The average molecular weight is 321 g/mol. The molecule has 0 radical (unpaired) electrons. The maximum absolute atomic E-state index is 9.25. The van der Waals surface area contributed by atoms with Gasteiger partial charge in [0, 0.05) is 17.4 Å². The number of halogens is 1. The lowest BCUT2D eigenvalue weighted by Gasteiger charge is -2.20. The standard InChI is InChI=1S/C18H13ClN4/c19-15-7-3-5-13(11-15)17(16-8-1-2-9-21-16)23-18-14(12-20)6-4-10-22-18/h1-11,17H,(H,22,23). The van der Waals surface area contributed by atoms with Gasteiger partial charge in [0.15, 0.2) is 0 Å². The fourth-order valence-corrected chi connectivity index (χ4v) is 2.51. The molecule has 0 aliphatic heterocycles. The molecule has 4 nitrogen and oxygen atoms in total. The van der Waals surface area contributed by atoms with Crippen molar-refractivity contribution < 1.29 is 0 Å². The van der Waals surface area contributed by atoms with Crippen LogP contribution in [-0.4, -0.2) is 9.97 Å². The third kappa shape index (κ3) is 3.47. The number of nitrogens with one attached hydrogen (secondary N) is 1. The fraction of sp³-hybridized carbons (Fsp3) is 0.0556. The maximum Gasteiger partial charge on any atom is 0.144 e. The maximum atomic E-state index is 9.25. The lowest BCUT2D eigenvalue weighted by molar-refractivity contribution is 0.877. The van der Waals surface area contributed by atoms with Crippen molar-refractivity contribution in [1.82, 2.24) is 9.97 Å². The van der Waals surface area contributed by atoms with Crippen LogP contribution in [0.25, 0.3) is 0 Å². The van der Waals surface area contributed by atoms with E-state index in [9.17, 15) is 5.26 Å². The Morgan fingerprint density at radius 3 is 2.61 bits per heavy atom. The summed E-state index contributed by atoms with van der Waals surface area (Å²) in [6, 6.07) is 18.6. The zero-order valence-electron chi connectivity index (χ0n) is 12.1. The highest BCUT2D eigenvalue weighted by atomic mass is 35.5. The normalized spacial score (nSPS) is 11.5. The van der Waals surface area contributed by atoms with E-state index < -0.39 is 0 Å². The monoisotopic (exact) mass is 320 g/mol. The van der Waals surface area contributed by atoms with Gasteiger partial charge in [-0.25, -0.2) is 4.98 Å². The first kappa shape index (κ1) is 15.0. The molecule has 2 aromatic heterocycles. The van der Waals surface area contributed by atoms with Crippen molar-refractivity contribution in [3.05, 3.63) is 88.8 Å². The highest BCUT2D eigenvalue weighted by Gasteiger charge is 2.17. The topological polar surface area (TPSA) is 61.6 Å². The number of anilines is 1. The predicted octanol–water partition coefficient (Wildman–Crippen LogP) is 4.20. The molecule has 1 N–H and O–H groups in total. The van der Waals surface area contributed by atoms with E-state index in [1.54, 1.807) is 24.5 Å². The highest BCUT2D eigenvalue weighted by molar-refractivity contribution is 6.30. The van der Waals surface area contributed by atoms with E-state index in [1.807, 2.05) is 42.5 Å². The van der Waals surface area contributed by atoms with Crippen molar-refractivity contribution in [2.75, 3.05) is 5.32 Å². The number of aromatic nitrogens is 2. The summed E-state index contributed by atoms with van der Waals surface area (Å²) in [4.78, 5) is 8.69.